The zero-order valence-electron chi connectivity index (χ0n) is 17.7. The van der Waals surface area contributed by atoms with Gasteiger partial charge >= 0.3 is 0 Å². The fourth-order valence-electron chi connectivity index (χ4n) is 3.96. The highest BCUT2D eigenvalue weighted by Gasteiger charge is 2.18. The zero-order valence-corrected chi connectivity index (χ0v) is 17.7. The molecule has 1 amide bonds. The summed E-state index contributed by atoms with van der Waals surface area (Å²) in [6.45, 7) is 2.15. The van der Waals surface area contributed by atoms with Gasteiger partial charge in [0.2, 0.25) is 0 Å². The average Bonchev–Trinajstić information content (AvgIpc) is 3.21. The number of aromatic amines is 1. The smallest absolute Gasteiger partial charge is 0.270 e. The van der Waals surface area contributed by atoms with Crippen LogP contribution in [-0.2, 0) is 0 Å². The summed E-state index contributed by atoms with van der Waals surface area (Å²) in [6.07, 6.45) is -0.784. The largest absolute Gasteiger partial charge is 0.387 e. The van der Waals surface area contributed by atoms with Crippen LogP contribution in [-0.4, -0.2) is 27.5 Å². The van der Waals surface area contributed by atoms with E-state index in [-0.39, 0.29) is 12.5 Å². The number of H-pyrrole nitrogens is 1. The van der Waals surface area contributed by atoms with Gasteiger partial charge in [-0.05, 0) is 24.6 Å². The zero-order chi connectivity index (χ0) is 22.1. The van der Waals surface area contributed by atoms with Gasteiger partial charge in [-0.25, -0.2) is 4.98 Å². The molecule has 0 aliphatic carbocycles. The second kappa shape index (κ2) is 8.29. The SMILES string of the molecule is Cc1ccc(-c2nc(C(=O)NCC(O)c3ccccc3)cc3c2[nH]c2ccccc23)cc1. The average molecular weight is 422 g/mol. The van der Waals surface area contributed by atoms with Gasteiger partial charge in [0.1, 0.15) is 5.69 Å². The summed E-state index contributed by atoms with van der Waals surface area (Å²) in [5.74, 6) is -0.319. The number of hydrogen-bond donors (Lipinski definition) is 3. The third-order valence-electron chi connectivity index (χ3n) is 5.69. The number of benzene rings is 3. The molecule has 0 spiro atoms. The van der Waals surface area contributed by atoms with E-state index in [1.54, 1.807) is 0 Å². The van der Waals surface area contributed by atoms with Gasteiger partial charge < -0.3 is 15.4 Å². The van der Waals surface area contributed by atoms with E-state index < -0.39 is 6.10 Å². The van der Waals surface area contributed by atoms with Crippen molar-refractivity contribution in [1.82, 2.24) is 15.3 Å². The van der Waals surface area contributed by atoms with E-state index >= 15 is 0 Å². The predicted molar refractivity (Wildman–Crippen MR) is 128 cm³/mol. The van der Waals surface area contributed by atoms with E-state index in [1.807, 2.05) is 91.9 Å². The Morgan fingerprint density at radius 2 is 1.69 bits per heavy atom. The fourth-order valence-corrected chi connectivity index (χ4v) is 3.96. The van der Waals surface area contributed by atoms with Crippen LogP contribution in [0.2, 0.25) is 0 Å². The molecule has 158 valence electrons. The van der Waals surface area contributed by atoms with E-state index in [0.29, 0.717) is 5.69 Å². The van der Waals surface area contributed by atoms with Crippen molar-refractivity contribution < 1.29 is 9.90 Å². The highest BCUT2D eigenvalue weighted by Crippen LogP contribution is 2.32. The third kappa shape index (κ3) is 3.74. The van der Waals surface area contributed by atoms with Crippen molar-refractivity contribution in [3.05, 3.63) is 102 Å². The van der Waals surface area contributed by atoms with Crippen LogP contribution in [0.5, 0.6) is 0 Å². The predicted octanol–water partition coefficient (Wildman–Crippen LogP) is 5.15. The summed E-state index contributed by atoms with van der Waals surface area (Å²) in [7, 11) is 0. The van der Waals surface area contributed by atoms with Crippen molar-refractivity contribution >= 4 is 27.7 Å². The van der Waals surface area contributed by atoms with Gasteiger partial charge in [-0.3, -0.25) is 4.79 Å². The molecule has 0 aliphatic heterocycles. The Labute approximate surface area is 185 Å². The Morgan fingerprint density at radius 1 is 0.969 bits per heavy atom. The number of para-hydroxylation sites is 1. The molecule has 1 unspecified atom stereocenters. The van der Waals surface area contributed by atoms with Gasteiger partial charge in [-0.15, -0.1) is 0 Å². The molecule has 3 aromatic carbocycles. The minimum atomic E-state index is -0.784. The molecule has 3 N–H and O–H groups in total. The quantitative estimate of drug-likeness (QED) is 0.367. The Balaban J connectivity index is 1.54. The second-order valence-corrected chi connectivity index (χ2v) is 7.95. The number of aromatic nitrogens is 2. The lowest BCUT2D eigenvalue weighted by Crippen LogP contribution is -2.29. The minimum absolute atomic E-state index is 0.107. The first-order chi connectivity index (χ1) is 15.6. The number of aliphatic hydroxyl groups is 1. The van der Waals surface area contributed by atoms with Gasteiger partial charge in [-0.2, -0.15) is 0 Å². The van der Waals surface area contributed by atoms with E-state index in [0.717, 1.165) is 44.2 Å². The lowest BCUT2D eigenvalue weighted by atomic mass is 10.0. The van der Waals surface area contributed by atoms with Gasteiger partial charge in [-0.1, -0.05) is 78.4 Å². The monoisotopic (exact) mass is 421 g/mol. The van der Waals surface area contributed by atoms with Crippen LogP contribution in [0.1, 0.15) is 27.7 Å². The molecule has 5 heteroatoms. The normalized spacial score (nSPS) is 12.2. The Kier molecular flexibility index (Phi) is 5.17. The molecule has 5 aromatic rings. The van der Waals surface area contributed by atoms with Crippen LogP contribution in [0.15, 0.2) is 84.9 Å². The summed E-state index contributed by atoms with van der Waals surface area (Å²) in [5, 5.41) is 15.2. The molecule has 1 atom stereocenters. The van der Waals surface area contributed by atoms with E-state index in [4.69, 9.17) is 4.98 Å². The number of carbonyl (C=O) groups is 1. The van der Waals surface area contributed by atoms with Crippen LogP contribution in [0.4, 0.5) is 0 Å². The summed E-state index contributed by atoms with van der Waals surface area (Å²) in [5.41, 5.74) is 5.79. The second-order valence-electron chi connectivity index (χ2n) is 7.95. The van der Waals surface area contributed by atoms with Crippen molar-refractivity contribution in [2.24, 2.45) is 0 Å². The summed E-state index contributed by atoms with van der Waals surface area (Å²) < 4.78 is 0. The maximum absolute atomic E-state index is 13.0. The molecule has 2 aromatic heterocycles. The lowest BCUT2D eigenvalue weighted by molar-refractivity contribution is 0.0911. The number of nitrogens with zero attached hydrogens (tertiary/aromatic N) is 1. The molecule has 0 bridgehead atoms. The number of amides is 1. The number of pyridine rings is 1. The molecular weight excluding hydrogens is 398 g/mol. The molecular formula is C27H23N3O2. The number of carbonyl (C=O) groups excluding carboxylic acids is 1. The van der Waals surface area contributed by atoms with Crippen molar-refractivity contribution in [2.75, 3.05) is 6.54 Å². The summed E-state index contributed by atoms with van der Waals surface area (Å²) in [6, 6.07) is 27.2. The van der Waals surface area contributed by atoms with Crippen LogP contribution in [0, 0.1) is 6.92 Å². The van der Waals surface area contributed by atoms with E-state index in [9.17, 15) is 9.90 Å². The van der Waals surface area contributed by atoms with E-state index in [2.05, 4.69) is 10.3 Å². The molecule has 5 rings (SSSR count). The first-order valence-corrected chi connectivity index (χ1v) is 10.6. The van der Waals surface area contributed by atoms with Gasteiger partial charge in [0, 0.05) is 28.4 Å². The lowest BCUT2D eigenvalue weighted by Gasteiger charge is -2.13. The number of fused-ring (bicyclic) bond motifs is 3. The molecule has 0 saturated heterocycles. The highest BCUT2D eigenvalue weighted by atomic mass is 16.3. The maximum atomic E-state index is 13.0. The summed E-state index contributed by atoms with van der Waals surface area (Å²) >= 11 is 0. The number of aliphatic hydroxyl groups excluding tert-OH is 1. The van der Waals surface area contributed by atoms with Gasteiger partial charge in [0.15, 0.2) is 0 Å². The summed E-state index contributed by atoms with van der Waals surface area (Å²) in [4.78, 5) is 21.2. The van der Waals surface area contributed by atoms with Crippen LogP contribution in [0.25, 0.3) is 33.1 Å². The Morgan fingerprint density at radius 3 is 2.47 bits per heavy atom. The molecule has 32 heavy (non-hydrogen) atoms. The highest BCUT2D eigenvalue weighted by molar-refractivity contribution is 6.13. The fraction of sp³-hybridized carbons (Fsp3) is 0.111. The van der Waals surface area contributed by atoms with Crippen molar-refractivity contribution in [3.8, 4) is 11.3 Å². The first kappa shape index (κ1) is 20.0. The van der Waals surface area contributed by atoms with Crippen LogP contribution < -0.4 is 5.32 Å². The van der Waals surface area contributed by atoms with Crippen LogP contribution >= 0.6 is 0 Å². The molecule has 0 saturated carbocycles. The minimum Gasteiger partial charge on any atom is -0.387 e. The number of rotatable bonds is 5. The van der Waals surface area contributed by atoms with Gasteiger partial charge in [0.05, 0.1) is 17.3 Å². The molecule has 2 heterocycles. The number of nitrogens with one attached hydrogen (secondary N) is 2. The molecule has 5 nitrogen and oxygen atoms in total. The number of hydrogen-bond acceptors (Lipinski definition) is 3. The third-order valence-corrected chi connectivity index (χ3v) is 5.69. The van der Waals surface area contributed by atoms with Crippen molar-refractivity contribution in [2.45, 2.75) is 13.0 Å². The van der Waals surface area contributed by atoms with Crippen LogP contribution in [0.3, 0.4) is 0 Å². The molecule has 0 fully saturated rings. The first-order valence-electron chi connectivity index (χ1n) is 10.6. The van der Waals surface area contributed by atoms with E-state index in [1.165, 1.54) is 0 Å². The number of aryl methyl sites for hydroxylation is 1. The molecule has 0 radical (unpaired) electrons. The Bertz CT molecular complexity index is 1410. The van der Waals surface area contributed by atoms with Gasteiger partial charge in [0.25, 0.3) is 5.91 Å². The maximum Gasteiger partial charge on any atom is 0.270 e. The molecule has 0 aliphatic rings. The van der Waals surface area contributed by atoms with Crippen molar-refractivity contribution in [3.63, 3.8) is 0 Å². The Hall–Kier alpha value is -3.96. The standard InChI is InChI=1S/C27H23N3O2/c1-17-11-13-19(14-12-17)25-26-21(20-9-5-6-10-22(20)29-26)15-23(30-25)27(32)28-16-24(31)18-7-3-2-4-8-18/h2-15,24,29,31H,16H2,1H3,(H,28,32). The topological polar surface area (TPSA) is 78.0 Å². The van der Waals surface area contributed by atoms with Crippen molar-refractivity contribution in [1.29, 1.82) is 0 Å².